The molecule has 4 rings (SSSR count). The smallest absolute Gasteiger partial charge is 0.414 e. The van der Waals surface area contributed by atoms with E-state index < -0.39 is 34.2 Å². The van der Waals surface area contributed by atoms with Gasteiger partial charge in [-0.05, 0) is 55.3 Å². The van der Waals surface area contributed by atoms with Crippen LogP contribution in [0.4, 0.5) is 10.5 Å². The van der Waals surface area contributed by atoms with Crippen LogP contribution in [0.2, 0.25) is 0 Å². The van der Waals surface area contributed by atoms with Crippen molar-refractivity contribution >= 4 is 33.6 Å². The first-order chi connectivity index (χ1) is 19.1. The number of nitrogens with one attached hydrogen (secondary N) is 2. The first kappa shape index (κ1) is 28.6. The van der Waals surface area contributed by atoms with Crippen LogP contribution in [0.5, 0.6) is 5.75 Å². The maximum atomic E-state index is 12.8. The van der Waals surface area contributed by atoms with Crippen LogP contribution < -0.4 is 20.1 Å². The number of rotatable bonds is 11. The first-order valence-corrected chi connectivity index (χ1v) is 13.8. The maximum Gasteiger partial charge on any atom is 0.414 e. The Bertz CT molecular complexity index is 1490. The minimum atomic E-state index is -3.95. The van der Waals surface area contributed by atoms with Gasteiger partial charge in [-0.25, -0.2) is 13.2 Å². The van der Waals surface area contributed by atoms with Crippen molar-refractivity contribution in [2.75, 3.05) is 25.2 Å². The number of nitrogens with zero attached hydrogens (tertiary/aromatic N) is 1. The summed E-state index contributed by atoms with van der Waals surface area (Å²) in [5.74, 6) is -0.302. The molecule has 12 heteroatoms. The van der Waals surface area contributed by atoms with Gasteiger partial charge in [0.1, 0.15) is 24.2 Å². The fraction of sp³-hybridized carbons (Fsp3) is 0.250. The highest BCUT2D eigenvalue weighted by molar-refractivity contribution is 7.89. The Hall–Kier alpha value is -4.42. The number of benzene rings is 3. The Balaban J connectivity index is 1.35. The van der Waals surface area contributed by atoms with Crippen molar-refractivity contribution in [3.8, 4) is 5.75 Å². The topological polar surface area (TPSA) is 161 Å². The van der Waals surface area contributed by atoms with Gasteiger partial charge in [0.25, 0.3) is 0 Å². The second-order valence-electron chi connectivity index (χ2n) is 9.25. The van der Waals surface area contributed by atoms with Crippen LogP contribution >= 0.6 is 0 Å². The minimum absolute atomic E-state index is 0.0495. The Labute approximate surface area is 232 Å². The molecule has 2 atom stereocenters. The Morgan fingerprint density at radius 1 is 1.15 bits per heavy atom. The zero-order valence-electron chi connectivity index (χ0n) is 22.0. The van der Waals surface area contributed by atoms with Gasteiger partial charge < -0.3 is 19.9 Å². The number of nitrogen functional groups attached to an aromatic ring is 1. The predicted octanol–water partition coefficient (Wildman–Crippen LogP) is 2.75. The van der Waals surface area contributed by atoms with Gasteiger partial charge in [0.2, 0.25) is 10.0 Å². The molecule has 1 amide bonds. The van der Waals surface area contributed by atoms with Gasteiger partial charge in [0, 0.05) is 11.3 Å². The summed E-state index contributed by atoms with van der Waals surface area (Å²) in [5, 5.41) is 7.59. The summed E-state index contributed by atoms with van der Waals surface area (Å²) in [6, 6.07) is 18.7. The number of amides is 1. The standard InChI is InChI=1S/C28H30N4O7S/c1-18-6-12-24(13-7-18)40(35,36)31-25(27(33)37-2)14-19-8-10-22(11-9-19)38-17-23-16-32(28(34)39-23)21-5-3-4-20(15-21)26(29)30/h3-13,15,23,25,31H,14,16-17H2,1-2H3,(H3,29,30). The monoisotopic (exact) mass is 566 g/mol. The van der Waals surface area contributed by atoms with Gasteiger partial charge in [0.15, 0.2) is 6.10 Å². The van der Waals surface area contributed by atoms with Crippen LogP contribution in [0.3, 0.4) is 0 Å². The fourth-order valence-electron chi connectivity index (χ4n) is 4.10. The summed E-state index contributed by atoms with van der Waals surface area (Å²) in [5.41, 5.74) is 8.21. The Morgan fingerprint density at radius 2 is 1.85 bits per heavy atom. The van der Waals surface area contributed by atoms with Gasteiger partial charge in [0.05, 0.1) is 18.6 Å². The summed E-state index contributed by atoms with van der Waals surface area (Å²) in [7, 11) is -2.75. The van der Waals surface area contributed by atoms with Crippen molar-refractivity contribution < 1.29 is 32.2 Å². The number of sulfonamides is 1. The molecule has 11 nitrogen and oxygen atoms in total. The largest absolute Gasteiger partial charge is 0.490 e. The third kappa shape index (κ3) is 6.96. The maximum absolute atomic E-state index is 12.8. The van der Waals surface area contributed by atoms with E-state index in [4.69, 9.17) is 25.4 Å². The molecule has 0 saturated carbocycles. The summed E-state index contributed by atoms with van der Waals surface area (Å²) in [6.07, 6.45) is -0.980. The molecule has 0 aliphatic carbocycles. The number of carbonyl (C=O) groups excluding carboxylic acids is 2. The number of ether oxygens (including phenoxy) is 3. The van der Waals surface area contributed by atoms with Gasteiger partial charge >= 0.3 is 12.1 Å². The van der Waals surface area contributed by atoms with E-state index in [1.165, 1.54) is 24.1 Å². The summed E-state index contributed by atoms with van der Waals surface area (Å²) in [4.78, 5) is 26.3. The van der Waals surface area contributed by atoms with Crippen molar-refractivity contribution in [3.05, 3.63) is 89.5 Å². The lowest BCUT2D eigenvalue weighted by Gasteiger charge is -2.17. The molecule has 1 heterocycles. The van der Waals surface area contributed by atoms with E-state index in [-0.39, 0.29) is 30.3 Å². The van der Waals surface area contributed by atoms with Gasteiger partial charge in [-0.1, -0.05) is 42.0 Å². The van der Waals surface area contributed by atoms with Gasteiger partial charge in [-0.15, -0.1) is 0 Å². The first-order valence-electron chi connectivity index (χ1n) is 12.4. The molecule has 0 bridgehead atoms. The highest BCUT2D eigenvalue weighted by atomic mass is 32.2. The van der Waals surface area contributed by atoms with Crippen molar-refractivity contribution in [3.63, 3.8) is 0 Å². The van der Waals surface area contributed by atoms with Crippen LogP contribution in [0, 0.1) is 12.3 Å². The third-order valence-corrected chi connectivity index (χ3v) is 7.74. The Kier molecular flexibility index (Phi) is 8.70. The molecule has 4 N–H and O–H groups in total. The quantitative estimate of drug-likeness (QED) is 0.181. The molecule has 1 fully saturated rings. The summed E-state index contributed by atoms with van der Waals surface area (Å²) < 4.78 is 44.1. The summed E-state index contributed by atoms with van der Waals surface area (Å²) in [6.45, 7) is 2.22. The SMILES string of the molecule is COC(=O)C(Cc1ccc(OCC2CN(c3cccc(C(=N)N)c3)C(=O)O2)cc1)NS(=O)(=O)c1ccc(C)cc1. The average Bonchev–Trinajstić information content (AvgIpc) is 3.32. The second-order valence-corrected chi connectivity index (χ2v) is 11.0. The molecule has 40 heavy (non-hydrogen) atoms. The fourth-order valence-corrected chi connectivity index (χ4v) is 5.28. The van der Waals surface area contributed by atoms with Crippen LogP contribution in [0.25, 0.3) is 0 Å². The molecular formula is C28H30N4O7S. The van der Waals surface area contributed by atoms with Crippen LogP contribution in [-0.4, -0.2) is 58.7 Å². The molecule has 3 aromatic rings. The predicted molar refractivity (Wildman–Crippen MR) is 148 cm³/mol. The molecule has 2 unspecified atom stereocenters. The van der Waals surface area contributed by atoms with E-state index in [9.17, 15) is 18.0 Å². The summed E-state index contributed by atoms with van der Waals surface area (Å²) >= 11 is 0. The number of hydrogen-bond donors (Lipinski definition) is 3. The van der Waals surface area contributed by atoms with Crippen molar-refractivity contribution in [2.45, 2.75) is 30.4 Å². The number of aryl methyl sites for hydroxylation is 1. The average molecular weight is 567 g/mol. The van der Waals surface area contributed by atoms with Crippen molar-refractivity contribution in [2.24, 2.45) is 5.73 Å². The number of esters is 1. The lowest BCUT2D eigenvalue weighted by molar-refractivity contribution is -0.142. The van der Waals surface area contributed by atoms with Crippen LogP contribution in [-0.2, 0) is 30.7 Å². The zero-order chi connectivity index (χ0) is 28.9. The number of amidine groups is 1. The second kappa shape index (κ2) is 12.2. The molecule has 210 valence electrons. The van der Waals surface area contributed by atoms with Gasteiger partial charge in [-0.3, -0.25) is 15.1 Å². The zero-order valence-corrected chi connectivity index (χ0v) is 22.8. The molecular weight excluding hydrogens is 536 g/mol. The van der Waals surface area contributed by atoms with Crippen molar-refractivity contribution in [1.29, 1.82) is 5.41 Å². The van der Waals surface area contributed by atoms with E-state index >= 15 is 0 Å². The highest BCUT2D eigenvalue weighted by Crippen LogP contribution is 2.24. The normalized spacial score (nSPS) is 15.8. The number of hydrogen-bond acceptors (Lipinski definition) is 8. The molecule has 1 aliphatic heterocycles. The van der Waals surface area contributed by atoms with Crippen molar-refractivity contribution in [1.82, 2.24) is 4.72 Å². The highest BCUT2D eigenvalue weighted by Gasteiger charge is 2.33. The molecule has 1 saturated heterocycles. The number of carbonyl (C=O) groups is 2. The molecule has 3 aromatic carbocycles. The van der Waals surface area contributed by atoms with E-state index in [2.05, 4.69) is 4.72 Å². The van der Waals surface area contributed by atoms with Crippen LogP contribution in [0.1, 0.15) is 16.7 Å². The number of anilines is 1. The number of methoxy groups -OCH3 is 1. The van der Waals surface area contributed by atoms with E-state index in [1.54, 1.807) is 60.7 Å². The molecule has 0 aromatic heterocycles. The molecule has 0 radical (unpaired) electrons. The third-order valence-electron chi connectivity index (χ3n) is 6.26. The number of cyclic esters (lactones) is 1. The minimum Gasteiger partial charge on any atom is -0.490 e. The van der Waals surface area contributed by atoms with E-state index in [1.807, 2.05) is 6.92 Å². The van der Waals surface area contributed by atoms with Crippen LogP contribution in [0.15, 0.2) is 77.7 Å². The molecule has 0 spiro atoms. The Morgan fingerprint density at radius 3 is 2.50 bits per heavy atom. The lowest BCUT2D eigenvalue weighted by atomic mass is 10.1. The number of nitrogens with two attached hydrogens (primary N) is 1. The van der Waals surface area contributed by atoms with E-state index in [0.717, 1.165) is 5.56 Å². The molecule has 1 aliphatic rings. The van der Waals surface area contributed by atoms with E-state index in [0.29, 0.717) is 22.6 Å². The van der Waals surface area contributed by atoms with Gasteiger partial charge in [-0.2, -0.15) is 4.72 Å². The lowest BCUT2D eigenvalue weighted by Crippen LogP contribution is -2.42.